The van der Waals surface area contributed by atoms with E-state index >= 15 is 0 Å². The minimum atomic E-state index is 0.453. The first-order chi connectivity index (χ1) is 11.2. The van der Waals surface area contributed by atoms with E-state index in [-0.39, 0.29) is 0 Å². The Balaban J connectivity index is 1.96. The maximum atomic E-state index is 6.67. The predicted molar refractivity (Wildman–Crippen MR) is 99.1 cm³/mol. The van der Waals surface area contributed by atoms with Gasteiger partial charge >= 0.3 is 0 Å². The maximum absolute atomic E-state index is 6.67. The smallest absolute Gasteiger partial charge is 0.0910 e. The van der Waals surface area contributed by atoms with Crippen molar-refractivity contribution in [2.45, 2.75) is 32.1 Å². The molecule has 0 spiro atoms. The second kappa shape index (κ2) is 7.18. The predicted octanol–water partition coefficient (Wildman–Crippen LogP) is 5.42. The molecule has 0 saturated carbocycles. The minimum absolute atomic E-state index is 0.453. The van der Waals surface area contributed by atoms with Gasteiger partial charge in [-0.25, -0.2) is 4.99 Å². The fourth-order valence-corrected chi connectivity index (χ4v) is 3.53. The Morgan fingerprint density at radius 3 is 2.74 bits per heavy atom. The first-order valence-electron chi connectivity index (χ1n) is 8.31. The minimum Gasteiger partial charge on any atom is -0.366 e. The molecule has 1 aliphatic rings. The molecule has 0 bridgehead atoms. The summed E-state index contributed by atoms with van der Waals surface area (Å²) in [5.74, 6) is 0.453. The number of aliphatic imine (C=N–C) groups is 1. The molecule has 0 heterocycles. The number of hydrogen-bond acceptors (Lipinski definition) is 1. The first kappa shape index (κ1) is 16.1. The van der Waals surface area contributed by atoms with E-state index in [2.05, 4.69) is 54.4 Å². The number of hydrogen-bond donors (Lipinski definition) is 0. The number of nitrogens with zero attached hydrogens (tertiary/aromatic N) is 2. The zero-order valence-corrected chi connectivity index (χ0v) is 14.6. The van der Waals surface area contributed by atoms with Gasteiger partial charge in [0.1, 0.15) is 0 Å². The number of fused-ring (bicyclic) bond motifs is 1. The van der Waals surface area contributed by atoms with Gasteiger partial charge in [-0.3, -0.25) is 0 Å². The summed E-state index contributed by atoms with van der Waals surface area (Å²) in [4.78, 5) is 6.60. The van der Waals surface area contributed by atoms with Crippen LogP contribution in [0, 0.1) is 0 Å². The Morgan fingerprint density at radius 1 is 1.22 bits per heavy atom. The summed E-state index contributed by atoms with van der Waals surface area (Å²) in [6.45, 7) is 3.03. The van der Waals surface area contributed by atoms with Crippen LogP contribution in [0.15, 0.2) is 47.5 Å². The molecule has 0 saturated heterocycles. The van der Waals surface area contributed by atoms with Crippen LogP contribution in [0.3, 0.4) is 0 Å². The summed E-state index contributed by atoms with van der Waals surface area (Å²) in [6.07, 6.45) is 5.26. The Hall–Kier alpha value is -1.80. The van der Waals surface area contributed by atoms with Gasteiger partial charge in [-0.05, 0) is 48.9 Å². The summed E-state index contributed by atoms with van der Waals surface area (Å²) >= 11 is 6.67. The lowest BCUT2D eigenvalue weighted by molar-refractivity contribution is 0.552. The average Bonchev–Trinajstić information content (AvgIpc) is 2.61. The Kier molecular flexibility index (Phi) is 5.02. The molecule has 0 N–H and O–H groups in total. The van der Waals surface area contributed by atoms with E-state index in [1.807, 2.05) is 18.3 Å². The van der Waals surface area contributed by atoms with Crippen LogP contribution in [0.2, 0.25) is 5.02 Å². The lowest BCUT2D eigenvalue weighted by atomic mass is 9.79. The van der Waals surface area contributed by atoms with E-state index in [0.29, 0.717) is 5.92 Å². The van der Waals surface area contributed by atoms with Gasteiger partial charge in [0.25, 0.3) is 0 Å². The molecule has 0 radical (unpaired) electrons. The van der Waals surface area contributed by atoms with Crippen molar-refractivity contribution >= 4 is 23.6 Å². The molecule has 1 unspecified atom stereocenters. The molecule has 120 valence electrons. The van der Waals surface area contributed by atoms with Gasteiger partial charge in [-0.2, -0.15) is 0 Å². The zero-order valence-electron chi connectivity index (χ0n) is 13.8. The van der Waals surface area contributed by atoms with Crippen LogP contribution in [-0.2, 0) is 6.42 Å². The van der Waals surface area contributed by atoms with Crippen molar-refractivity contribution in [1.82, 2.24) is 4.90 Å². The molecule has 2 aromatic rings. The van der Waals surface area contributed by atoms with Crippen LogP contribution < -0.4 is 0 Å². The van der Waals surface area contributed by atoms with Crippen molar-refractivity contribution < 1.29 is 0 Å². The summed E-state index contributed by atoms with van der Waals surface area (Å²) in [5, 5.41) is 0.823. The highest BCUT2D eigenvalue weighted by Crippen LogP contribution is 2.42. The van der Waals surface area contributed by atoms with Gasteiger partial charge in [0.2, 0.25) is 0 Å². The normalized spacial score (nSPS) is 17.3. The van der Waals surface area contributed by atoms with E-state index in [1.165, 1.54) is 29.5 Å². The van der Waals surface area contributed by atoms with Gasteiger partial charge in [-0.1, -0.05) is 48.0 Å². The lowest BCUT2D eigenvalue weighted by Crippen LogP contribution is -2.14. The average molecular weight is 327 g/mol. The van der Waals surface area contributed by atoms with Gasteiger partial charge in [-0.15, -0.1) is 0 Å². The van der Waals surface area contributed by atoms with E-state index in [1.54, 1.807) is 0 Å². The Labute approximate surface area is 143 Å². The topological polar surface area (TPSA) is 15.6 Å². The third kappa shape index (κ3) is 3.42. The summed E-state index contributed by atoms with van der Waals surface area (Å²) < 4.78 is 0. The Morgan fingerprint density at radius 2 is 2.00 bits per heavy atom. The largest absolute Gasteiger partial charge is 0.366 e. The highest BCUT2D eigenvalue weighted by Gasteiger charge is 2.24. The van der Waals surface area contributed by atoms with Crippen molar-refractivity contribution in [3.63, 3.8) is 0 Å². The second-order valence-electron chi connectivity index (χ2n) is 6.14. The SMILES string of the molecule is CCN(C)/C=N/c1ccc2c(c1Cl)CCCC2c1ccccc1. The van der Waals surface area contributed by atoms with Crippen molar-refractivity contribution in [2.24, 2.45) is 4.99 Å². The standard InChI is InChI=1S/C20H23ClN2/c1-3-23(2)14-22-19-13-12-17-16(15-8-5-4-6-9-15)10-7-11-18(17)20(19)21/h4-6,8-9,12-14,16H,3,7,10-11H2,1-2H3/b22-14+. The molecule has 0 aromatic heterocycles. The molecular formula is C20H23ClN2. The third-order valence-electron chi connectivity index (χ3n) is 4.65. The number of rotatable bonds is 4. The fourth-order valence-electron chi connectivity index (χ4n) is 3.22. The summed E-state index contributed by atoms with van der Waals surface area (Å²) in [6, 6.07) is 15.0. The van der Waals surface area contributed by atoms with E-state index in [4.69, 9.17) is 11.6 Å². The molecule has 0 fully saturated rings. The van der Waals surface area contributed by atoms with Crippen LogP contribution in [0.1, 0.15) is 42.4 Å². The van der Waals surface area contributed by atoms with Crippen LogP contribution in [-0.4, -0.2) is 24.8 Å². The van der Waals surface area contributed by atoms with E-state index < -0.39 is 0 Å². The van der Waals surface area contributed by atoms with Crippen LogP contribution in [0.25, 0.3) is 0 Å². The molecule has 2 aromatic carbocycles. The summed E-state index contributed by atoms with van der Waals surface area (Å²) in [7, 11) is 2.02. The lowest BCUT2D eigenvalue weighted by Gasteiger charge is -2.27. The molecule has 2 nitrogen and oxygen atoms in total. The van der Waals surface area contributed by atoms with Crippen LogP contribution in [0.5, 0.6) is 0 Å². The summed E-state index contributed by atoms with van der Waals surface area (Å²) in [5.41, 5.74) is 4.90. The molecule has 1 atom stereocenters. The third-order valence-corrected chi connectivity index (χ3v) is 5.07. The van der Waals surface area contributed by atoms with Crippen molar-refractivity contribution in [1.29, 1.82) is 0 Å². The molecule has 1 aliphatic carbocycles. The zero-order chi connectivity index (χ0) is 16.2. The van der Waals surface area contributed by atoms with E-state index in [0.717, 1.165) is 23.7 Å². The van der Waals surface area contributed by atoms with Gasteiger partial charge < -0.3 is 4.90 Å². The highest BCUT2D eigenvalue weighted by atomic mass is 35.5. The highest BCUT2D eigenvalue weighted by molar-refractivity contribution is 6.34. The quantitative estimate of drug-likeness (QED) is 0.541. The molecule has 0 amide bonds. The maximum Gasteiger partial charge on any atom is 0.0910 e. The van der Waals surface area contributed by atoms with E-state index in [9.17, 15) is 0 Å². The number of halogens is 1. The van der Waals surface area contributed by atoms with Crippen LogP contribution in [0.4, 0.5) is 5.69 Å². The first-order valence-corrected chi connectivity index (χ1v) is 8.69. The van der Waals surface area contributed by atoms with Gasteiger partial charge in [0.05, 0.1) is 17.0 Å². The molecule has 3 rings (SSSR count). The van der Waals surface area contributed by atoms with Crippen LogP contribution >= 0.6 is 11.6 Å². The molecular weight excluding hydrogens is 304 g/mol. The molecule has 3 heteroatoms. The monoisotopic (exact) mass is 326 g/mol. The van der Waals surface area contributed by atoms with Gasteiger partial charge in [0.15, 0.2) is 0 Å². The van der Waals surface area contributed by atoms with Crippen molar-refractivity contribution in [3.8, 4) is 0 Å². The molecule has 0 aliphatic heterocycles. The Bertz CT molecular complexity index is 694. The number of benzene rings is 2. The van der Waals surface area contributed by atoms with Gasteiger partial charge in [0, 0.05) is 19.5 Å². The van der Waals surface area contributed by atoms with Crippen molar-refractivity contribution in [3.05, 3.63) is 64.2 Å². The molecule has 23 heavy (non-hydrogen) atoms. The van der Waals surface area contributed by atoms with Crippen molar-refractivity contribution in [2.75, 3.05) is 13.6 Å². The fraction of sp³-hybridized carbons (Fsp3) is 0.350. The second-order valence-corrected chi connectivity index (χ2v) is 6.52.